The van der Waals surface area contributed by atoms with Gasteiger partial charge in [0.2, 0.25) is 5.78 Å². The Bertz CT molecular complexity index is 853. The number of carbonyl (C=O) groups is 1. The minimum Gasteiger partial charge on any atom is -0.352 e. The first-order chi connectivity index (χ1) is 13.5. The molecule has 1 aliphatic heterocycles. The molecule has 1 N–H and O–H groups in total. The van der Waals surface area contributed by atoms with E-state index in [1.807, 2.05) is 39.8 Å². The standard InChI is InChI=1S/C19H20FN3O.2C2H6/c1-3-12(11-21)19(24)18-9-14-8-15(16(20)10-17(14)22-18)13-4-6-23(2)7-5-13;2*1-2/h3,8-10,13,22H,4-7H2,1-2H3;2*1-2H3/b12-3+;;. The van der Waals surface area contributed by atoms with Crippen molar-refractivity contribution in [2.24, 2.45) is 0 Å². The molecule has 0 spiro atoms. The van der Waals surface area contributed by atoms with Crippen LogP contribution in [0.5, 0.6) is 0 Å². The Morgan fingerprint density at radius 3 is 2.36 bits per heavy atom. The molecule has 0 aliphatic carbocycles. The van der Waals surface area contributed by atoms with Crippen LogP contribution in [0, 0.1) is 17.1 Å². The molecule has 1 aromatic heterocycles. The number of nitrogens with zero attached hydrogens (tertiary/aromatic N) is 2. The van der Waals surface area contributed by atoms with E-state index in [2.05, 4.69) is 16.9 Å². The van der Waals surface area contributed by atoms with E-state index in [9.17, 15) is 9.18 Å². The van der Waals surface area contributed by atoms with Gasteiger partial charge in [-0.3, -0.25) is 4.79 Å². The summed E-state index contributed by atoms with van der Waals surface area (Å²) in [5, 5.41) is 9.80. The monoisotopic (exact) mass is 385 g/mol. The van der Waals surface area contributed by atoms with Crippen molar-refractivity contribution in [1.29, 1.82) is 5.26 Å². The van der Waals surface area contributed by atoms with Crippen molar-refractivity contribution in [3.05, 3.63) is 46.9 Å². The largest absolute Gasteiger partial charge is 0.352 e. The summed E-state index contributed by atoms with van der Waals surface area (Å²) in [6.07, 6.45) is 3.36. The lowest BCUT2D eigenvalue weighted by atomic mass is 9.88. The average Bonchev–Trinajstić information content (AvgIpc) is 3.15. The molecule has 0 amide bonds. The maximum absolute atomic E-state index is 14.5. The smallest absolute Gasteiger partial charge is 0.219 e. The van der Waals surface area contributed by atoms with Crippen molar-refractivity contribution < 1.29 is 9.18 Å². The fraction of sp³-hybridized carbons (Fsp3) is 0.478. The molecule has 4 nitrogen and oxygen atoms in total. The van der Waals surface area contributed by atoms with Crippen molar-refractivity contribution in [2.45, 2.75) is 53.4 Å². The number of nitrogens with one attached hydrogen (secondary N) is 1. The highest BCUT2D eigenvalue weighted by Crippen LogP contribution is 2.32. The Balaban J connectivity index is 0.000000921. The van der Waals surface area contributed by atoms with Gasteiger partial charge in [0.25, 0.3) is 0 Å². The second-order valence-corrected chi connectivity index (χ2v) is 6.36. The van der Waals surface area contributed by atoms with Gasteiger partial charge in [0.05, 0.1) is 11.3 Å². The quantitative estimate of drug-likeness (QED) is 0.411. The van der Waals surface area contributed by atoms with Gasteiger partial charge >= 0.3 is 0 Å². The van der Waals surface area contributed by atoms with Crippen molar-refractivity contribution in [2.75, 3.05) is 20.1 Å². The van der Waals surface area contributed by atoms with Crippen LogP contribution >= 0.6 is 0 Å². The number of fused-ring (bicyclic) bond motifs is 1. The number of aromatic nitrogens is 1. The van der Waals surface area contributed by atoms with E-state index in [4.69, 9.17) is 5.26 Å². The van der Waals surface area contributed by atoms with Crippen LogP contribution in [-0.4, -0.2) is 35.8 Å². The van der Waals surface area contributed by atoms with E-state index < -0.39 is 0 Å². The minimum absolute atomic E-state index is 0.0811. The lowest BCUT2D eigenvalue weighted by Gasteiger charge is -2.29. The maximum atomic E-state index is 14.5. The predicted octanol–water partition coefficient (Wildman–Crippen LogP) is 5.82. The summed E-state index contributed by atoms with van der Waals surface area (Å²) >= 11 is 0. The van der Waals surface area contributed by atoms with E-state index in [1.165, 1.54) is 12.1 Å². The van der Waals surface area contributed by atoms with Gasteiger partial charge in [-0.1, -0.05) is 33.8 Å². The Labute approximate surface area is 168 Å². The van der Waals surface area contributed by atoms with Gasteiger partial charge in [-0.25, -0.2) is 4.39 Å². The molecular formula is C23H32FN3O. The number of benzene rings is 1. The number of nitriles is 1. The van der Waals surface area contributed by atoms with Crippen LogP contribution in [0.15, 0.2) is 29.8 Å². The predicted molar refractivity (Wildman–Crippen MR) is 114 cm³/mol. The maximum Gasteiger partial charge on any atom is 0.219 e. The number of halogens is 1. The number of Topliss-reactive ketones (excluding diaryl/α,β-unsaturated/α-hetero) is 1. The first kappa shape index (κ1) is 23.6. The number of rotatable bonds is 3. The summed E-state index contributed by atoms with van der Waals surface area (Å²) < 4.78 is 14.5. The fourth-order valence-corrected chi connectivity index (χ4v) is 3.32. The Morgan fingerprint density at radius 2 is 1.82 bits per heavy atom. The molecule has 0 saturated carbocycles. The van der Waals surface area contributed by atoms with Crippen LogP contribution in [0.25, 0.3) is 10.9 Å². The third-order valence-corrected chi connectivity index (χ3v) is 4.79. The van der Waals surface area contributed by atoms with Crippen molar-refractivity contribution >= 4 is 16.7 Å². The number of H-pyrrole nitrogens is 1. The zero-order chi connectivity index (χ0) is 21.3. The average molecular weight is 386 g/mol. The highest BCUT2D eigenvalue weighted by atomic mass is 19.1. The molecule has 5 heteroatoms. The molecule has 1 aliphatic rings. The Hall–Kier alpha value is -2.45. The van der Waals surface area contributed by atoms with E-state index in [1.54, 1.807) is 13.0 Å². The third-order valence-electron chi connectivity index (χ3n) is 4.79. The van der Waals surface area contributed by atoms with E-state index in [0.29, 0.717) is 11.2 Å². The number of ketones is 1. The topological polar surface area (TPSA) is 59.9 Å². The second kappa shape index (κ2) is 11.4. The van der Waals surface area contributed by atoms with E-state index >= 15 is 0 Å². The van der Waals surface area contributed by atoms with E-state index in [0.717, 1.165) is 36.9 Å². The number of aromatic amines is 1. The number of allylic oxidation sites excluding steroid dienone is 2. The van der Waals surface area contributed by atoms with Crippen LogP contribution < -0.4 is 0 Å². The van der Waals surface area contributed by atoms with Crippen molar-refractivity contribution in [1.82, 2.24) is 9.88 Å². The molecule has 3 rings (SSSR count). The highest BCUT2D eigenvalue weighted by molar-refractivity contribution is 6.12. The van der Waals surface area contributed by atoms with Gasteiger partial charge < -0.3 is 9.88 Å². The molecule has 0 atom stereocenters. The Kier molecular flexibility index (Phi) is 9.61. The summed E-state index contributed by atoms with van der Waals surface area (Å²) in [6.45, 7) is 11.6. The van der Waals surface area contributed by atoms with E-state index in [-0.39, 0.29) is 23.1 Å². The van der Waals surface area contributed by atoms with Crippen LogP contribution in [0.1, 0.15) is 69.4 Å². The fourth-order valence-electron chi connectivity index (χ4n) is 3.32. The minimum atomic E-state index is -0.363. The SMILES string of the molecule is C/C=C(\C#N)C(=O)c1cc2cc(C3CCN(C)CC3)c(F)cc2[nH]1.CC.CC. The molecule has 0 bridgehead atoms. The van der Waals surface area contributed by atoms with Crippen molar-refractivity contribution in [3.63, 3.8) is 0 Å². The molecule has 2 aromatic rings. The molecule has 152 valence electrons. The molecule has 0 radical (unpaired) electrons. The van der Waals surface area contributed by atoms with Crippen LogP contribution in [0.2, 0.25) is 0 Å². The molecule has 0 unspecified atom stereocenters. The summed E-state index contributed by atoms with van der Waals surface area (Å²) in [5.74, 6) is -0.383. The number of piperidine rings is 1. The molecule has 28 heavy (non-hydrogen) atoms. The summed E-state index contributed by atoms with van der Waals surface area (Å²) in [5.41, 5.74) is 1.71. The molecule has 1 saturated heterocycles. The first-order valence-corrected chi connectivity index (χ1v) is 10.1. The number of hydrogen-bond donors (Lipinski definition) is 1. The molecule has 2 heterocycles. The summed E-state index contributed by atoms with van der Waals surface area (Å²) in [6, 6.07) is 6.89. The van der Waals surface area contributed by atoms with Gasteiger partial charge in [-0.2, -0.15) is 5.26 Å². The van der Waals surface area contributed by atoms with Crippen LogP contribution in [-0.2, 0) is 0 Å². The second-order valence-electron chi connectivity index (χ2n) is 6.36. The summed E-state index contributed by atoms with van der Waals surface area (Å²) in [4.78, 5) is 17.4. The zero-order valence-corrected chi connectivity index (χ0v) is 17.9. The molecular weight excluding hydrogens is 353 g/mol. The van der Waals surface area contributed by atoms with Gasteiger partial charge in [0, 0.05) is 10.9 Å². The van der Waals surface area contributed by atoms with Gasteiger partial charge in [0.15, 0.2) is 0 Å². The van der Waals surface area contributed by atoms with Crippen LogP contribution in [0.3, 0.4) is 0 Å². The lowest BCUT2D eigenvalue weighted by Crippen LogP contribution is -2.29. The van der Waals surface area contributed by atoms with Gasteiger partial charge in [0.1, 0.15) is 11.9 Å². The number of carbonyl (C=O) groups excluding carboxylic acids is 1. The molecule has 1 aromatic carbocycles. The first-order valence-electron chi connectivity index (χ1n) is 10.1. The molecule has 1 fully saturated rings. The number of hydrogen-bond acceptors (Lipinski definition) is 3. The van der Waals surface area contributed by atoms with Crippen LogP contribution in [0.4, 0.5) is 4.39 Å². The third kappa shape index (κ3) is 5.30. The lowest BCUT2D eigenvalue weighted by molar-refractivity contribution is 0.103. The van der Waals surface area contributed by atoms with Gasteiger partial charge in [-0.15, -0.1) is 0 Å². The van der Waals surface area contributed by atoms with Crippen molar-refractivity contribution in [3.8, 4) is 6.07 Å². The number of likely N-dealkylation sites (tertiary alicyclic amines) is 1. The van der Waals surface area contributed by atoms with Gasteiger partial charge in [-0.05, 0) is 69.6 Å². The summed E-state index contributed by atoms with van der Waals surface area (Å²) in [7, 11) is 2.08. The normalized spacial score (nSPS) is 15.1. The Morgan fingerprint density at radius 1 is 1.21 bits per heavy atom. The zero-order valence-electron chi connectivity index (χ0n) is 17.9. The highest BCUT2D eigenvalue weighted by Gasteiger charge is 2.22.